The molecule has 144 valence electrons. The first-order chi connectivity index (χ1) is 14.0. The number of rotatable bonds is 4. The zero-order valence-corrected chi connectivity index (χ0v) is 17.1. The van der Waals surface area contributed by atoms with Crippen molar-refractivity contribution < 1.29 is 18.7 Å². The third-order valence-corrected chi connectivity index (χ3v) is 4.85. The lowest BCUT2D eigenvalue weighted by molar-refractivity contribution is 0.0735. The van der Waals surface area contributed by atoms with Crippen molar-refractivity contribution >= 4 is 44.5 Å². The van der Waals surface area contributed by atoms with Gasteiger partial charge in [0, 0.05) is 10.5 Å². The molecule has 1 aromatic heterocycles. The molecule has 0 unspecified atom stereocenters. The van der Waals surface area contributed by atoms with Crippen molar-refractivity contribution in [3.8, 4) is 17.2 Å². The molecule has 1 heterocycles. The van der Waals surface area contributed by atoms with Crippen LogP contribution in [0.4, 0.5) is 0 Å². The Morgan fingerprint density at radius 1 is 0.966 bits per heavy atom. The molecule has 0 saturated carbocycles. The van der Waals surface area contributed by atoms with Gasteiger partial charge in [0.1, 0.15) is 23.3 Å². The van der Waals surface area contributed by atoms with Crippen LogP contribution in [0.5, 0.6) is 17.2 Å². The van der Waals surface area contributed by atoms with Gasteiger partial charge in [0.05, 0.1) is 16.0 Å². The van der Waals surface area contributed by atoms with Gasteiger partial charge in [-0.3, -0.25) is 4.79 Å². The number of esters is 1. The molecule has 0 bridgehead atoms. The van der Waals surface area contributed by atoms with Crippen molar-refractivity contribution in [3.05, 3.63) is 98.3 Å². The fourth-order valence-electron chi connectivity index (χ4n) is 2.65. The Bertz CT molecular complexity index is 1280. The standard InChI is InChI=1S/C22H12BrClO5/c23-14-5-3-4-13(10-14)22(26)28-15-8-9-16-19(11-15)27-12-20(21(16)25)29-18-7-2-1-6-17(18)24/h1-12H. The molecular weight excluding hydrogens is 460 g/mol. The molecule has 3 aromatic carbocycles. The SMILES string of the molecule is O=C(Oc1ccc2c(=O)c(Oc3ccccc3Cl)coc2c1)c1cccc(Br)c1. The minimum Gasteiger partial charge on any atom is -0.460 e. The summed E-state index contributed by atoms with van der Waals surface area (Å²) in [5, 5.41) is 0.665. The molecule has 0 saturated heterocycles. The van der Waals surface area contributed by atoms with Crippen LogP contribution in [0.1, 0.15) is 10.4 Å². The third kappa shape index (κ3) is 4.18. The van der Waals surface area contributed by atoms with Crippen molar-refractivity contribution in [2.45, 2.75) is 0 Å². The number of carbonyl (C=O) groups is 1. The molecule has 7 heteroatoms. The molecule has 0 aliphatic heterocycles. The van der Waals surface area contributed by atoms with Gasteiger partial charge in [-0.1, -0.05) is 45.7 Å². The summed E-state index contributed by atoms with van der Waals surface area (Å²) in [6, 6.07) is 18.2. The number of hydrogen-bond donors (Lipinski definition) is 0. The van der Waals surface area contributed by atoms with E-state index in [-0.39, 0.29) is 27.9 Å². The number of carbonyl (C=O) groups excluding carboxylic acids is 1. The van der Waals surface area contributed by atoms with Gasteiger partial charge in [0.25, 0.3) is 0 Å². The fourth-order valence-corrected chi connectivity index (χ4v) is 3.23. The van der Waals surface area contributed by atoms with Crippen molar-refractivity contribution in [3.63, 3.8) is 0 Å². The van der Waals surface area contributed by atoms with Crippen LogP contribution in [-0.4, -0.2) is 5.97 Å². The first-order valence-electron chi connectivity index (χ1n) is 8.47. The van der Waals surface area contributed by atoms with E-state index >= 15 is 0 Å². The average molecular weight is 472 g/mol. The topological polar surface area (TPSA) is 65.7 Å². The third-order valence-electron chi connectivity index (χ3n) is 4.04. The molecule has 0 amide bonds. The van der Waals surface area contributed by atoms with E-state index in [0.717, 1.165) is 4.47 Å². The number of halogens is 2. The molecule has 0 fully saturated rings. The molecule has 0 atom stereocenters. The highest BCUT2D eigenvalue weighted by Gasteiger charge is 2.14. The van der Waals surface area contributed by atoms with Crippen molar-refractivity contribution in [1.29, 1.82) is 0 Å². The monoisotopic (exact) mass is 470 g/mol. The van der Waals surface area contributed by atoms with E-state index in [1.807, 2.05) is 6.07 Å². The molecule has 0 aliphatic carbocycles. The Morgan fingerprint density at radius 3 is 2.59 bits per heavy atom. The number of hydrogen-bond acceptors (Lipinski definition) is 5. The molecule has 5 nitrogen and oxygen atoms in total. The van der Waals surface area contributed by atoms with Gasteiger partial charge >= 0.3 is 5.97 Å². The second kappa shape index (κ2) is 8.11. The maximum absolute atomic E-state index is 12.7. The van der Waals surface area contributed by atoms with Crippen LogP contribution < -0.4 is 14.9 Å². The molecule has 4 rings (SSSR count). The minimum absolute atomic E-state index is 0.00415. The van der Waals surface area contributed by atoms with Crippen molar-refractivity contribution in [2.75, 3.05) is 0 Å². The van der Waals surface area contributed by atoms with E-state index in [9.17, 15) is 9.59 Å². The Balaban J connectivity index is 1.61. The summed E-state index contributed by atoms with van der Waals surface area (Å²) in [6.07, 6.45) is 1.20. The smallest absolute Gasteiger partial charge is 0.343 e. The quantitative estimate of drug-likeness (QED) is 0.261. The summed E-state index contributed by atoms with van der Waals surface area (Å²) in [5.74, 6) is 0.0851. The van der Waals surface area contributed by atoms with Gasteiger partial charge in [0.2, 0.25) is 11.2 Å². The van der Waals surface area contributed by atoms with Gasteiger partial charge in [-0.15, -0.1) is 0 Å². The van der Waals surface area contributed by atoms with Gasteiger partial charge in [-0.25, -0.2) is 4.79 Å². The minimum atomic E-state index is -0.522. The van der Waals surface area contributed by atoms with Crippen molar-refractivity contribution in [1.82, 2.24) is 0 Å². The summed E-state index contributed by atoms with van der Waals surface area (Å²) in [6.45, 7) is 0. The molecule has 0 radical (unpaired) electrons. The van der Waals surface area contributed by atoms with E-state index in [4.69, 9.17) is 25.5 Å². The zero-order chi connectivity index (χ0) is 20.4. The second-order valence-corrected chi connectivity index (χ2v) is 7.34. The number of para-hydroxylation sites is 1. The van der Waals surface area contributed by atoms with Crippen LogP contribution in [0.15, 0.2) is 86.7 Å². The highest BCUT2D eigenvalue weighted by atomic mass is 79.9. The zero-order valence-electron chi connectivity index (χ0n) is 14.7. The number of ether oxygens (including phenoxy) is 2. The van der Waals surface area contributed by atoms with Gasteiger partial charge in [-0.05, 0) is 42.5 Å². The molecular formula is C22H12BrClO5. The number of fused-ring (bicyclic) bond motifs is 1. The van der Waals surface area contributed by atoms with Crippen molar-refractivity contribution in [2.24, 2.45) is 0 Å². The maximum Gasteiger partial charge on any atom is 0.343 e. The van der Waals surface area contributed by atoms with Gasteiger partial charge in [0.15, 0.2) is 0 Å². The Morgan fingerprint density at radius 2 is 1.79 bits per heavy atom. The molecule has 4 aromatic rings. The number of benzene rings is 3. The van der Waals surface area contributed by atoms with E-state index in [0.29, 0.717) is 16.3 Å². The van der Waals surface area contributed by atoms with Crippen LogP contribution in [0.3, 0.4) is 0 Å². The molecule has 29 heavy (non-hydrogen) atoms. The van der Waals surface area contributed by atoms with Crippen LogP contribution >= 0.6 is 27.5 Å². The summed E-state index contributed by atoms with van der Waals surface area (Å²) < 4.78 is 17.2. The van der Waals surface area contributed by atoms with E-state index in [2.05, 4.69) is 15.9 Å². The Kier molecular flexibility index (Phi) is 5.38. The molecule has 0 N–H and O–H groups in total. The lowest BCUT2D eigenvalue weighted by Gasteiger charge is -2.08. The van der Waals surface area contributed by atoms with E-state index in [1.54, 1.807) is 42.5 Å². The second-order valence-electron chi connectivity index (χ2n) is 6.02. The summed E-state index contributed by atoms with van der Waals surface area (Å²) >= 11 is 9.38. The Labute approximate surface area is 178 Å². The normalized spacial score (nSPS) is 10.7. The van der Waals surface area contributed by atoms with Crippen LogP contribution in [0.25, 0.3) is 11.0 Å². The average Bonchev–Trinajstić information content (AvgIpc) is 2.71. The molecule has 0 spiro atoms. The van der Waals surface area contributed by atoms with Crippen LogP contribution in [-0.2, 0) is 0 Å². The lowest BCUT2D eigenvalue weighted by Crippen LogP contribution is -2.09. The van der Waals surface area contributed by atoms with Gasteiger partial charge < -0.3 is 13.9 Å². The Hall–Kier alpha value is -3.09. The predicted octanol–water partition coefficient (Wildman–Crippen LogP) is 6.22. The first kappa shape index (κ1) is 19.2. The maximum atomic E-state index is 12.7. The van der Waals surface area contributed by atoms with E-state index < -0.39 is 5.97 Å². The van der Waals surface area contributed by atoms with Crippen LogP contribution in [0, 0.1) is 0 Å². The van der Waals surface area contributed by atoms with E-state index in [1.165, 1.54) is 24.5 Å². The van der Waals surface area contributed by atoms with Gasteiger partial charge in [-0.2, -0.15) is 0 Å². The summed E-state index contributed by atoms with van der Waals surface area (Å²) in [5.41, 5.74) is 0.293. The summed E-state index contributed by atoms with van der Waals surface area (Å²) in [4.78, 5) is 25.0. The predicted molar refractivity (Wildman–Crippen MR) is 113 cm³/mol. The molecule has 0 aliphatic rings. The largest absolute Gasteiger partial charge is 0.460 e. The summed E-state index contributed by atoms with van der Waals surface area (Å²) in [7, 11) is 0. The fraction of sp³-hybridized carbons (Fsp3) is 0. The highest BCUT2D eigenvalue weighted by Crippen LogP contribution is 2.29. The lowest BCUT2D eigenvalue weighted by atomic mass is 10.2. The first-order valence-corrected chi connectivity index (χ1v) is 9.64. The highest BCUT2D eigenvalue weighted by molar-refractivity contribution is 9.10. The van der Waals surface area contributed by atoms with Crippen LogP contribution in [0.2, 0.25) is 5.02 Å².